The van der Waals surface area contributed by atoms with Crippen molar-refractivity contribution in [1.29, 1.82) is 0 Å². The molecule has 1 fully saturated rings. The second kappa shape index (κ2) is 7.33. The number of piperidine rings is 1. The normalized spacial score (nSPS) is 21.2. The Morgan fingerprint density at radius 3 is 2.81 bits per heavy atom. The van der Waals surface area contributed by atoms with E-state index in [9.17, 15) is 19.3 Å². The fourth-order valence-electron chi connectivity index (χ4n) is 2.30. The first-order valence-electron chi connectivity index (χ1n) is 6.46. The number of benzene rings is 1. The molecule has 1 heterocycles. The zero-order valence-corrected chi connectivity index (χ0v) is 12.3. The Balaban J connectivity index is 0.00000220. The van der Waals surface area contributed by atoms with Crippen molar-refractivity contribution in [2.75, 3.05) is 6.54 Å². The number of non-ortho nitro benzene ring substituents is 1. The second-order valence-corrected chi connectivity index (χ2v) is 4.92. The van der Waals surface area contributed by atoms with Gasteiger partial charge >= 0.3 is 0 Å². The van der Waals surface area contributed by atoms with E-state index in [2.05, 4.69) is 10.6 Å². The maximum atomic E-state index is 13.3. The standard InChI is InChI=1S/C13H16FN3O3.ClH/c1-8-12(3-2-4-15-8)16-13(18)9-5-10(14)7-11(6-9)17(19)20;/h5-8,12,15H,2-4H2,1H3,(H,16,18);1H. The van der Waals surface area contributed by atoms with E-state index in [0.717, 1.165) is 37.6 Å². The lowest BCUT2D eigenvalue weighted by atomic mass is 9.99. The molecule has 1 aliphatic rings. The molecule has 1 aliphatic heterocycles. The van der Waals surface area contributed by atoms with Gasteiger partial charge in [-0.1, -0.05) is 0 Å². The largest absolute Gasteiger partial charge is 0.348 e. The lowest BCUT2D eigenvalue weighted by Gasteiger charge is -2.30. The minimum Gasteiger partial charge on any atom is -0.348 e. The number of rotatable bonds is 3. The number of carbonyl (C=O) groups is 1. The molecule has 1 aromatic rings. The quantitative estimate of drug-likeness (QED) is 0.660. The van der Waals surface area contributed by atoms with Crippen LogP contribution in [0.1, 0.15) is 30.1 Å². The average molecular weight is 318 g/mol. The fraction of sp³-hybridized carbons (Fsp3) is 0.462. The maximum absolute atomic E-state index is 13.3. The van der Waals surface area contributed by atoms with Gasteiger partial charge in [-0.15, -0.1) is 12.4 Å². The molecule has 2 N–H and O–H groups in total. The molecule has 116 valence electrons. The molecule has 0 saturated carbocycles. The number of amides is 1. The number of hydrogen-bond acceptors (Lipinski definition) is 4. The molecule has 6 nitrogen and oxygen atoms in total. The van der Waals surface area contributed by atoms with Crippen molar-refractivity contribution in [3.05, 3.63) is 39.7 Å². The van der Waals surface area contributed by atoms with Gasteiger partial charge in [-0.25, -0.2) is 4.39 Å². The van der Waals surface area contributed by atoms with Crippen molar-refractivity contribution in [2.24, 2.45) is 0 Å². The van der Waals surface area contributed by atoms with Crippen molar-refractivity contribution >= 4 is 24.0 Å². The lowest BCUT2D eigenvalue weighted by Crippen LogP contribution is -2.51. The molecule has 0 aromatic heterocycles. The van der Waals surface area contributed by atoms with Crippen LogP contribution in [0.25, 0.3) is 0 Å². The minimum absolute atomic E-state index is 0. The zero-order chi connectivity index (χ0) is 14.7. The number of nitrogens with zero attached hydrogens (tertiary/aromatic N) is 1. The van der Waals surface area contributed by atoms with Gasteiger partial charge in [-0.3, -0.25) is 14.9 Å². The summed E-state index contributed by atoms with van der Waals surface area (Å²) in [4.78, 5) is 22.0. The topological polar surface area (TPSA) is 84.3 Å². The van der Waals surface area contributed by atoms with Gasteiger partial charge in [0.15, 0.2) is 0 Å². The predicted molar refractivity (Wildman–Crippen MR) is 78.3 cm³/mol. The first-order chi connectivity index (χ1) is 9.47. The number of hydrogen-bond donors (Lipinski definition) is 2. The smallest absolute Gasteiger partial charge is 0.273 e. The van der Waals surface area contributed by atoms with Gasteiger partial charge in [0.1, 0.15) is 5.82 Å². The summed E-state index contributed by atoms with van der Waals surface area (Å²) in [6.45, 7) is 2.86. The Morgan fingerprint density at radius 1 is 1.48 bits per heavy atom. The number of carbonyl (C=O) groups excluding carboxylic acids is 1. The summed E-state index contributed by atoms with van der Waals surface area (Å²) in [5, 5.41) is 16.7. The lowest BCUT2D eigenvalue weighted by molar-refractivity contribution is -0.385. The van der Waals surface area contributed by atoms with E-state index < -0.39 is 22.3 Å². The third kappa shape index (κ3) is 4.37. The molecule has 0 bridgehead atoms. The van der Waals surface area contributed by atoms with E-state index in [0.29, 0.717) is 0 Å². The Morgan fingerprint density at radius 2 is 2.19 bits per heavy atom. The third-order valence-corrected chi connectivity index (χ3v) is 3.43. The van der Waals surface area contributed by atoms with Crippen molar-refractivity contribution in [1.82, 2.24) is 10.6 Å². The van der Waals surface area contributed by atoms with Crippen LogP contribution in [0.4, 0.5) is 10.1 Å². The molecule has 0 spiro atoms. The Bertz CT molecular complexity index is 541. The van der Waals surface area contributed by atoms with Gasteiger partial charge in [-0.05, 0) is 32.4 Å². The highest BCUT2D eigenvalue weighted by Gasteiger charge is 2.23. The molecule has 0 radical (unpaired) electrons. The molecule has 1 amide bonds. The molecule has 21 heavy (non-hydrogen) atoms. The van der Waals surface area contributed by atoms with E-state index in [1.165, 1.54) is 0 Å². The van der Waals surface area contributed by atoms with E-state index >= 15 is 0 Å². The van der Waals surface area contributed by atoms with Crippen LogP contribution >= 0.6 is 12.4 Å². The third-order valence-electron chi connectivity index (χ3n) is 3.43. The highest BCUT2D eigenvalue weighted by Crippen LogP contribution is 2.17. The van der Waals surface area contributed by atoms with Crippen molar-refractivity contribution in [3.8, 4) is 0 Å². The maximum Gasteiger partial charge on any atom is 0.273 e. The number of halogens is 2. The monoisotopic (exact) mass is 317 g/mol. The number of nitro benzene ring substituents is 1. The predicted octanol–water partition coefficient (Wildman–Crippen LogP) is 2.03. The zero-order valence-electron chi connectivity index (χ0n) is 11.5. The molecule has 2 rings (SSSR count). The average Bonchev–Trinajstić information content (AvgIpc) is 2.40. The van der Waals surface area contributed by atoms with E-state index in [1.54, 1.807) is 0 Å². The summed E-state index contributed by atoms with van der Waals surface area (Å²) >= 11 is 0. The Labute approximate surface area is 127 Å². The molecule has 1 aromatic carbocycles. The van der Waals surface area contributed by atoms with Gasteiger partial charge in [0.25, 0.3) is 11.6 Å². The molecular weight excluding hydrogens is 301 g/mol. The number of nitro groups is 1. The molecule has 8 heteroatoms. The van der Waals surface area contributed by atoms with Gasteiger partial charge in [0.05, 0.1) is 11.0 Å². The van der Waals surface area contributed by atoms with Crippen molar-refractivity contribution < 1.29 is 14.1 Å². The summed E-state index contributed by atoms with van der Waals surface area (Å²) in [7, 11) is 0. The summed E-state index contributed by atoms with van der Waals surface area (Å²) in [6.07, 6.45) is 1.77. The summed E-state index contributed by atoms with van der Waals surface area (Å²) in [5.74, 6) is -1.28. The fourth-order valence-corrected chi connectivity index (χ4v) is 2.30. The Kier molecular flexibility index (Phi) is 6.04. The summed E-state index contributed by atoms with van der Waals surface area (Å²) in [6, 6.07) is 2.94. The van der Waals surface area contributed by atoms with Gasteiger partial charge in [0.2, 0.25) is 0 Å². The first kappa shape index (κ1) is 17.3. The molecule has 2 atom stereocenters. The minimum atomic E-state index is -0.792. The van der Waals surface area contributed by atoms with Crippen LogP contribution in [0.3, 0.4) is 0 Å². The van der Waals surface area contributed by atoms with Crippen LogP contribution in [0, 0.1) is 15.9 Å². The van der Waals surface area contributed by atoms with Crippen LogP contribution in [-0.4, -0.2) is 29.5 Å². The highest BCUT2D eigenvalue weighted by atomic mass is 35.5. The molecule has 1 saturated heterocycles. The van der Waals surface area contributed by atoms with Gasteiger partial charge < -0.3 is 10.6 Å². The van der Waals surface area contributed by atoms with Crippen LogP contribution < -0.4 is 10.6 Å². The molecule has 2 unspecified atom stereocenters. The second-order valence-electron chi connectivity index (χ2n) is 4.92. The highest BCUT2D eigenvalue weighted by molar-refractivity contribution is 5.95. The van der Waals surface area contributed by atoms with Crippen LogP contribution in [0.5, 0.6) is 0 Å². The van der Waals surface area contributed by atoms with E-state index in [1.807, 2.05) is 6.92 Å². The van der Waals surface area contributed by atoms with Crippen LogP contribution in [0.2, 0.25) is 0 Å². The van der Waals surface area contributed by atoms with Crippen LogP contribution in [-0.2, 0) is 0 Å². The van der Waals surface area contributed by atoms with E-state index in [-0.39, 0.29) is 30.1 Å². The van der Waals surface area contributed by atoms with Crippen molar-refractivity contribution in [3.63, 3.8) is 0 Å². The van der Waals surface area contributed by atoms with Crippen molar-refractivity contribution in [2.45, 2.75) is 31.8 Å². The van der Waals surface area contributed by atoms with Gasteiger partial charge in [0, 0.05) is 23.7 Å². The van der Waals surface area contributed by atoms with Crippen LogP contribution in [0.15, 0.2) is 18.2 Å². The number of nitrogens with one attached hydrogen (secondary N) is 2. The van der Waals surface area contributed by atoms with Gasteiger partial charge in [-0.2, -0.15) is 0 Å². The molecule has 0 aliphatic carbocycles. The Hall–Kier alpha value is -1.73. The summed E-state index contributed by atoms with van der Waals surface area (Å²) in [5.41, 5.74) is -0.459. The summed E-state index contributed by atoms with van der Waals surface area (Å²) < 4.78 is 13.3. The molecular formula is C13H17ClFN3O3. The first-order valence-corrected chi connectivity index (χ1v) is 6.46. The SMILES string of the molecule is CC1NCCCC1NC(=O)c1cc(F)cc([N+](=O)[O-])c1.Cl. The van der Waals surface area contributed by atoms with E-state index in [4.69, 9.17) is 0 Å².